The average molecular weight is 356 g/mol. The molecular formula is C18H20N4O2S. The number of para-hydroxylation sites is 1. The molecular weight excluding hydrogens is 336 g/mol. The normalized spacial score (nSPS) is 10.7. The van der Waals surface area contributed by atoms with Crippen LogP contribution in [0.5, 0.6) is 11.5 Å². The van der Waals surface area contributed by atoms with Crippen molar-refractivity contribution in [1.82, 2.24) is 20.2 Å². The Morgan fingerprint density at radius 2 is 1.72 bits per heavy atom. The Morgan fingerprint density at radius 3 is 2.44 bits per heavy atom. The fourth-order valence-electron chi connectivity index (χ4n) is 2.54. The Labute approximate surface area is 151 Å². The number of benzene rings is 2. The molecule has 0 amide bonds. The van der Waals surface area contributed by atoms with Crippen molar-refractivity contribution in [3.05, 3.63) is 53.1 Å². The molecule has 130 valence electrons. The van der Waals surface area contributed by atoms with E-state index >= 15 is 0 Å². The average Bonchev–Trinajstić information content (AvgIpc) is 3.09. The minimum absolute atomic E-state index is 0.724. The topological polar surface area (TPSA) is 62.1 Å². The van der Waals surface area contributed by atoms with E-state index in [9.17, 15) is 0 Å². The second-order valence-corrected chi connectivity index (χ2v) is 6.52. The third kappa shape index (κ3) is 3.61. The maximum atomic E-state index is 5.40. The first kappa shape index (κ1) is 17.3. The van der Waals surface area contributed by atoms with Crippen molar-refractivity contribution >= 4 is 11.8 Å². The van der Waals surface area contributed by atoms with Gasteiger partial charge in [-0.3, -0.25) is 0 Å². The van der Waals surface area contributed by atoms with Crippen LogP contribution in [0.4, 0.5) is 0 Å². The zero-order valence-corrected chi connectivity index (χ0v) is 15.5. The number of ether oxygens (including phenoxy) is 2. The number of hydrogen-bond acceptors (Lipinski definition) is 6. The van der Waals surface area contributed by atoms with Crippen LogP contribution in [0, 0.1) is 13.8 Å². The van der Waals surface area contributed by atoms with E-state index in [1.807, 2.05) is 43.3 Å². The van der Waals surface area contributed by atoms with Gasteiger partial charge in [0.1, 0.15) is 0 Å². The second kappa shape index (κ2) is 7.57. The summed E-state index contributed by atoms with van der Waals surface area (Å²) >= 11 is 1.59. The van der Waals surface area contributed by atoms with Crippen molar-refractivity contribution in [1.29, 1.82) is 0 Å². The number of methoxy groups -OCH3 is 2. The first-order valence-corrected chi connectivity index (χ1v) is 8.81. The Balaban J connectivity index is 1.84. The molecule has 0 spiro atoms. The van der Waals surface area contributed by atoms with Crippen LogP contribution in [0.25, 0.3) is 5.69 Å². The molecule has 0 unspecified atom stereocenters. The lowest BCUT2D eigenvalue weighted by atomic mass is 10.1. The summed E-state index contributed by atoms with van der Waals surface area (Å²) in [5.74, 6) is 2.19. The molecule has 2 aromatic carbocycles. The molecule has 0 saturated carbocycles. The van der Waals surface area contributed by atoms with Crippen LogP contribution in [0.1, 0.15) is 16.7 Å². The maximum absolute atomic E-state index is 5.40. The van der Waals surface area contributed by atoms with E-state index in [1.54, 1.807) is 30.7 Å². The van der Waals surface area contributed by atoms with Crippen LogP contribution in [0.3, 0.4) is 0 Å². The van der Waals surface area contributed by atoms with Gasteiger partial charge in [0.15, 0.2) is 11.5 Å². The molecule has 1 aromatic heterocycles. The summed E-state index contributed by atoms with van der Waals surface area (Å²) in [7, 11) is 3.28. The zero-order valence-electron chi connectivity index (χ0n) is 14.7. The van der Waals surface area contributed by atoms with E-state index in [0.29, 0.717) is 0 Å². The summed E-state index contributed by atoms with van der Waals surface area (Å²) < 4.78 is 12.5. The largest absolute Gasteiger partial charge is 0.493 e. The fraction of sp³-hybridized carbons (Fsp3) is 0.278. The van der Waals surface area contributed by atoms with E-state index in [-0.39, 0.29) is 0 Å². The highest BCUT2D eigenvalue weighted by atomic mass is 32.2. The number of thioether (sulfide) groups is 1. The second-order valence-electron chi connectivity index (χ2n) is 5.58. The summed E-state index contributed by atoms with van der Waals surface area (Å²) in [6.07, 6.45) is 0. The van der Waals surface area contributed by atoms with E-state index in [4.69, 9.17) is 9.47 Å². The summed E-state index contributed by atoms with van der Waals surface area (Å²) in [5, 5.41) is 12.9. The molecule has 0 aliphatic heterocycles. The molecule has 0 N–H and O–H groups in total. The van der Waals surface area contributed by atoms with Crippen molar-refractivity contribution in [2.45, 2.75) is 24.8 Å². The predicted molar refractivity (Wildman–Crippen MR) is 97.7 cm³/mol. The molecule has 3 aromatic rings. The Kier molecular flexibility index (Phi) is 5.23. The van der Waals surface area contributed by atoms with Gasteiger partial charge in [-0.25, -0.2) is 0 Å². The number of hydrogen-bond donors (Lipinski definition) is 0. The third-order valence-electron chi connectivity index (χ3n) is 3.98. The zero-order chi connectivity index (χ0) is 17.8. The highest BCUT2D eigenvalue weighted by Crippen LogP contribution is 2.33. The van der Waals surface area contributed by atoms with Gasteiger partial charge in [-0.2, -0.15) is 4.68 Å². The van der Waals surface area contributed by atoms with Gasteiger partial charge in [-0.15, -0.1) is 5.10 Å². The standard InChI is InChI=1S/C18H20N4O2S/c1-12-7-5-6-8-15(12)22-18(19-20-21-22)25-11-14-10-17(24-4)16(23-3)9-13(14)2/h5-10H,11H2,1-4H3. The van der Waals surface area contributed by atoms with E-state index in [1.165, 1.54) is 0 Å². The Bertz CT molecular complexity index is 879. The van der Waals surface area contributed by atoms with Gasteiger partial charge in [0.05, 0.1) is 19.9 Å². The lowest BCUT2D eigenvalue weighted by Gasteiger charge is -2.12. The SMILES string of the molecule is COc1cc(C)c(CSc2nnnn2-c2ccccc2C)cc1OC. The van der Waals surface area contributed by atoms with Crippen molar-refractivity contribution in [2.75, 3.05) is 14.2 Å². The number of aryl methyl sites for hydroxylation is 2. The molecule has 25 heavy (non-hydrogen) atoms. The number of nitrogens with zero attached hydrogens (tertiary/aromatic N) is 4. The van der Waals surface area contributed by atoms with Gasteiger partial charge in [0.2, 0.25) is 5.16 Å². The van der Waals surface area contributed by atoms with Crippen molar-refractivity contribution in [3.8, 4) is 17.2 Å². The highest BCUT2D eigenvalue weighted by molar-refractivity contribution is 7.98. The minimum Gasteiger partial charge on any atom is -0.493 e. The molecule has 3 rings (SSSR count). The van der Waals surface area contributed by atoms with E-state index in [0.717, 1.165) is 44.8 Å². The van der Waals surface area contributed by atoms with Crippen LogP contribution in [0.2, 0.25) is 0 Å². The predicted octanol–water partition coefficient (Wildman–Crippen LogP) is 3.59. The van der Waals surface area contributed by atoms with Crippen molar-refractivity contribution < 1.29 is 9.47 Å². The summed E-state index contributed by atoms with van der Waals surface area (Å²) in [4.78, 5) is 0. The lowest BCUT2D eigenvalue weighted by Crippen LogP contribution is -2.01. The quantitative estimate of drug-likeness (QED) is 0.629. The van der Waals surface area contributed by atoms with Crippen LogP contribution < -0.4 is 9.47 Å². The van der Waals surface area contributed by atoms with Crippen LogP contribution >= 0.6 is 11.8 Å². The Hall–Kier alpha value is -2.54. The van der Waals surface area contributed by atoms with E-state index in [2.05, 4.69) is 22.4 Å². The maximum Gasteiger partial charge on any atom is 0.214 e. The monoisotopic (exact) mass is 356 g/mol. The summed E-state index contributed by atoms with van der Waals surface area (Å²) in [5.41, 5.74) is 4.40. The van der Waals surface area contributed by atoms with Gasteiger partial charge >= 0.3 is 0 Å². The van der Waals surface area contributed by atoms with Crippen LogP contribution in [-0.2, 0) is 5.75 Å². The van der Waals surface area contributed by atoms with E-state index < -0.39 is 0 Å². The van der Waals surface area contributed by atoms with Crippen molar-refractivity contribution in [2.24, 2.45) is 0 Å². The molecule has 0 aliphatic rings. The molecule has 0 saturated heterocycles. The minimum atomic E-state index is 0.724. The number of tetrazole rings is 1. The van der Waals surface area contributed by atoms with Gasteiger partial charge in [0, 0.05) is 5.75 Å². The smallest absolute Gasteiger partial charge is 0.214 e. The molecule has 0 atom stereocenters. The third-order valence-corrected chi connectivity index (χ3v) is 4.95. The molecule has 0 aliphatic carbocycles. The number of rotatable bonds is 6. The first-order valence-electron chi connectivity index (χ1n) is 7.82. The lowest BCUT2D eigenvalue weighted by molar-refractivity contribution is 0.354. The summed E-state index contributed by atoms with van der Waals surface area (Å²) in [6.45, 7) is 4.10. The van der Waals surface area contributed by atoms with Crippen LogP contribution in [-0.4, -0.2) is 34.4 Å². The van der Waals surface area contributed by atoms with Gasteiger partial charge < -0.3 is 9.47 Å². The molecule has 0 bridgehead atoms. The number of aromatic nitrogens is 4. The highest BCUT2D eigenvalue weighted by Gasteiger charge is 2.13. The van der Waals surface area contributed by atoms with Crippen molar-refractivity contribution in [3.63, 3.8) is 0 Å². The first-order chi connectivity index (χ1) is 12.1. The Morgan fingerprint density at radius 1 is 1.00 bits per heavy atom. The molecule has 0 fully saturated rings. The van der Waals surface area contributed by atoms with Gasteiger partial charge in [-0.1, -0.05) is 30.0 Å². The molecule has 1 heterocycles. The molecule has 7 heteroatoms. The summed E-state index contributed by atoms with van der Waals surface area (Å²) in [6, 6.07) is 12.0. The molecule has 6 nitrogen and oxygen atoms in total. The van der Waals surface area contributed by atoms with Gasteiger partial charge in [0.25, 0.3) is 0 Å². The molecule has 0 radical (unpaired) electrons. The van der Waals surface area contributed by atoms with Gasteiger partial charge in [-0.05, 0) is 59.2 Å². The fourth-order valence-corrected chi connectivity index (χ4v) is 3.49. The van der Waals surface area contributed by atoms with Crippen LogP contribution in [0.15, 0.2) is 41.6 Å².